The number of aliphatic hydroxyl groups is 1. The molecule has 3 aliphatic rings. The van der Waals surface area contributed by atoms with Crippen molar-refractivity contribution in [2.45, 2.75) is 49.5 Å². The molecule has 1 aromatic carbocycles. The quantitative estimate of drug-likeness (QED) is 0.879. The van der Waals surface area contributed by atoms with Crippen molar-refractivity contribution in [1.82, 2.24) is 4.90 Å². The predicted molar refractivity (Wildman–Crippen MR) is 87.6 cm³/mol. The number of benzene rings is 1. The summed E-state index contributed by atoms with van der Waals surface area (Å²) in [5.74, 6) is 0.924. The van der Waals surface area contributed by atoms with Crippen LogP contribution in [0.15, 0.2) is 6.07 Å². The zero-order valence-corrected chi connectivity index (χ0v) is 14.4. The monoisotopic (exact) mass is 335 g/mol. The Hall–Kier alpha value is -1.50. The van der Waals surface area contributed by atoms with Crippen LogP contribution in [0, 0.1) is 0 Å². The first-order valence-electron chi connectivity index (χ1n) is 8.52. The average molecular weight is 335 g/mol. The molecule has 0 radical (unpaired) electrons. The van der Waals surface area contributed by atoms with Gasteiger partial charge in [-0.3, -0.25) is 4.90 Å². The van der Waals surface area contributed by atoms with Gasteiger partial charge in [-0.05, 0) is 31.7 Å². The van der Waals surface area contributed by atoms with E-state index in [-0.39, 0.29) is 23.3 Å². The van der Waals surface area contributed by atoms with E-state index < -0.39 is 6.23 Å². The van der Waals surface area contributed by atoms with E-state index in [9.17, 15) is 10.2 Å². The molecular formula is C18H25NO5. The van der Waals surface area contributed by atoms with E-state index in [0.29, 0.717) is 11.5 Å². The summed E-state index contributed by atoms with van der Waals surface area (Å²) in [6.07, 6.45) is 3.18. The van der Waals surface area contributed by atoms with Crippen LogP contribution in [0.2, 0.25) is 0 Å². The first-order valence-corrected chi connectivity index (χ1v) is 8.52. The number of hydrogen-bond acceptors (Lipinski definition) is 6. The third-order valence-electron chi connectivity index (χ3n) is 6.35. The molecule has 1 aromatic rings. The fourth-order valence-electron chi connectivity index (χ4n) is 5.23. The van der Waals surface area contributed by atoms with Gasteiger partial charge >= 0.3 is 0 Å². The second kappa shape index (κ2) is 5.51. The van der Waals surface area contributed by atoms with E-state index in [1.807, 2.05) is 6.07 Å². The SMILES string of the molecule is COc1cc2c(c(O)c1OC)[C@@]13CC[C@H](OC)C[C@@H]1N(CC3)[C@@H]2O. The molecule has 5 atom stereocenters. The van der Waals surface area contributed by atoms with Crippen molar-refractivity contribution in [1.29, 1.82) is 0 Å². The van der Waals surface area contributed by atoms with Crippen LogP contribution < -0.4 is 9.47 Å². The molecule has 0 aromatic heterocycles. The highest BCUT2D eigenvalue weighted by Crippen LogP contribution is 2.61. The van der Waals surface area contributed by atoms with Crippen molar-refractivity contribution in [3.63, 3.8) is 0 Å². The van der Waals surface area contributed by atoms with Gasteiger partial charge in [-0.1, -0.05) is 0 Å². The van der Waals surface area contributed by atoms with E-state index in [1.54, 1.807) is 14.2 Å². The maximum absolute atomic E-state index is 11.0. The third-order valence-corrected chi connectivity index (χ3v) is 6.35. The van der Waals surface area contributed by atoms with Crippen LogP contribution in [-0.4, -0.2) is 55.1 Å². The van der Waals surface area contributed by atoms with Gasteiger partial charge in [0.2, 0.25) is 5.75 Å². The molecule has 2 aliphatic heterocycles. The summed E-state index contributed by atoms with van der Waals surface area (Å²) in [5.41, 5.74) is 1.45. The lowest BCUT2D eigenvalue weighted by Gasteiger charge is -2.50. The number of methoxy groups -OCH3 is 3. The summed E-state index contributed by atoms with van der Waals surface area (Å²) in [7, 11) is 4.82. The van der Waals surface area contributed by atoms with Crippen LogP contribution in [0.25, 0.3) is 0 Å². The summed E-state index contributed by atoms with van der Waals surface area (Å²) >= 11 is 0. The minimum Gasteiger partial charge on any atom is -0.504 e. The first-order chi connectivity index (χ1) is 11.6. The second-order valence-electron chi connectivity index (χ2n) is 7.09. The third kappa shape index (κ3) is 1.87. The van der Waals surface area contributed by atoms with Crippen LogP contribution in [0.3, 0.4) is 0 Å². The molecule has 2 N–H and O–H groups in total. The lowest BCUT2D eigenvalue weighted by Crippen LogP contribution is -2.53. The number of hydrogen-bond donors (Lipinski definition) is 2. The van der Waals surface area contributed by atoms with Gasteiger partial charge in [-0.15, -0.1) is 0 Å². The zero-order chi connectivity index (χ0) is 17.1. The van der Waals surface area contributed by atoms with E-state index >= 15 is 0 Å². The van der Waals surface area contributed by atoms with Crippen molar-refractivity contribution in [2.24, 2.45) is 0 Å². The van der Waals surface area contributed by atoms with E-state index in [4.69, 9.17) is 14.2 Å². The minimum absolute atomic E-state index is 0.119. The molecule has 6 nitrogen and oxygen atoms in total. The van der Waals surface area contributed by atoms with E-state index in [2.05, 4.69) is 4.90 Å². The van der Waals surface area contributed by atoms with Crippen LogP contribution in [0.4, 0.5) is 0 Å². The zero-order valence-electron chi connectivity index (χ0n) is 14.4. The molecular weight excluding hydrogens is 310 g/mol. The maximum Gasteiger partial charge on any atom is 0.203 e. The van der Waals surface area contributed by atoms with Crippen LogP contribution in [0.5, 0.6) is 17.2 Å². The Kier molecular flexibility index (Phi) is 3.67. The number of phenols is 1. The van der Waals surface area contributed by atoms with E-state index in [1.165, 1.54) is 7.11 Å². The van der Waals surface area contributed by atoms with Crippen LogP contribution in [-0.2, 0) is 10.2 Å². The highest BCUT2D eigenvalue weighted by Gasteiger charge is 2.59. The predicted octanol–water partition coefficient (Wildman–Crippen LogP) is 1.92. The smallest absolute Gasteiger partial charge is 0.203 e. The lowest BCUT2D eigenvalue weighted by atomic mass is 9.62. The van der Waals surface area contributed by atoms with Gasteiger partial charge in [0.25, 0.3) is 0 Å². The van der Waals surface area contributed by atoms with Crippen LogP contribution >= 0.6 is 0 Å². The number of aliphatic hydroxyl groups excluding tert-OH is 1. The molecule has 1 aliphatic carbocycles. The average Bonchev–Trinajstić information content (AvgIpc) is 2.93. The summed E-state index contributed by atoms with van der Waals surface area (Å²) in [4.78, 5) is 2.15. The van der Waals surface area contributed by atoms with Crippen molar-refractivity contribution in [3.8, 4) is 17.2 Å². The highest BCUT2D eigenvalue weighted by atomic mass is 16.5. The molecule has 1 saturated heterocycles. The molecule has 2 fully saturated rings. The molecule has 4 rings (SSSR count). The molecule has 1 unspecified atom stereocenters. The normalized spacial score (nSPS) is 36.8. The van der Waals surface area contributed by atoms with Gasteiger partial charge in [0.1, 0.15) is 6.23 Å². The molecule has 0 spiro atoms. The fourth-order valence-corrected chi connectivity index (χ4v) is 5.23. The van der Waals surface area contributed by atoms with Gasteiger partial charge in [0.15, 0.2) is 11.5 Å². The van der Waals surface area contributed by atoms with Gasteiger partial charge < -0.3 is 24.4 Å². The molecule has 2 bridgehead atoms. The number of phenolic OH excluding ortho intramolecular Hbond substituents is 1. The summed E-state index contributed by atoms with van der Waals surface area (Å²) < 4.78 is 16.3. The molecule has 2 heterocycles. The number of ether oxygens (including phenoxy) is 3. The first kappa shape index (κ1) is 16.0. The van der Waals surface area contributed by atoms with Crippen molar-refractivity contribution in [2.75, 3.05) is 27.9 Å². The number of aromatic hydroxyl groups is 1. The fraction of sp³-hybridized carbons (Fsp3) is 0.667. The Labute approximate surface area is 141 Å². The summed E-state index contributed by atoms with van der Waals surface area (Å²) in [5, 5.41) is 21.9. The Morgan fingerprint density at radius 1 is 1.21 bits per heavy atom. The molecule has 0 amide bonds. The van der Waals surface area contributed by atoms with Crippen LogP contribution in [0.1, 0.15) is 43.0 Å². The molecule has 24 heavy (non-hydrogen) atoms. The molecule has 132 valence electrons. The summed E-state index contributed by atoms with van der Waals surface area (Å²) in [6.45, 7) is 0.820. The minimum atomic E-state index is -0.734. The second-order valence-corrected chi connectivity index (χ2v) is 7.09. The largest absolute Gasteiger partial charge is 0.504 e. The Morgan fingerprint density at radius 3 is 2.67 bits per heavy atom. The number of nitrogens with zero attached hydrogens (tertiary/aromatic N) is 1. The van der Waals surface area contributed by atoms with Crippen molar-refractivity contribution < 1.29 is 24.4 Å². The maximum atomic E-state index is 11.0. The van der Waals surface area contributed by atoms with Gasteiger partial charge in [-0.2, -0.15) is 0 Å². The topological polar surface area (TPSA) is 71.4 Å². The highest BCUT2D eigenvalue weighted by molar-refractivity contribution is 5.63. The molecule has 1 saturated carbocycles. The number of rotatable bonds is 3. The number of fused-ring (bicyclic) bond motifs is 1. The Balaban J connectivity index is 1.92. The molecule has 6 heteroatoms. The Morgan fingerprint density at radius 2 is 2.00 bits per heavy atom. The van der Waals surface area contributed by atoms with Gasteiger partial charge in [0, 0.05) is 36.2 Å². The lowest BCUT2D eigenvalue weighted by molar-refractivity contribution is -0.0643. The van der Waals surface area contributed by atoms with Gasteiger partial charge in [-0.25, -0.2) is 0 Å². The Bertz CT molecular complexity index is 663. The van der Waals surface area contributed by atoms with Crippen molar-refractivity contribution in [3.05, 3.63) is 17.2 Å². The standard InChI is InChI=1S/C18H25NO5/c1-22-10-4-5-18-6-7-19(13(18)8-10)17(21)11-9-12(23-2)16(24-3)15(20)14(11)18/h9-10,13,17,20-21H,4-8H2,1-3H3/t10-,13-,17+,18+/m0/s1. The van der Waals surface area contributed by atoms with Crippen molar-refractivity contribution >= 4 is 0 Å². The van der Waals surface area contributed by atoms with Gasteiger partial charge in [0.05, 0.1) is 20.3 Å². The summed E-state index contributed by atoms with van der Waals surface area (Å²) in [6, 6.07) is 2.00. The van der Waals surface area contributed by atoms with E-state index in [0.717, 1.165) is 43.4 Å².